The average Bonchev–Trinajstić information content (AvgIpc) is 2.84. The van der Waals surface area contributed by atoms with Gasteiger partial charge in [0.2, 0.25) is 0 Å². The van der Waals surface area contributed by atoms with E-state index in [-0.39, 0.29) is 0 Å². The molecule has 0 spiro atoms. The van der Waals surface area contributed by atoms with E-state index < -0.39 is 0 Å². The van der Waals surface area contributed by atoms with Crippen molar-refractivity contribution in [1.29, 1.82) is 0 Å². The summed E-state index contributed by atoms with van der Waals surface area (Å²) in [5, 5.41) is 9.87. The van der Waals surface area contributed by atoms with Crippen LogP contribution in [0.25, 0.3) is 10.8 Å². The van der Waals surface area contributed by atoms with Crippen molar-refractivity contribution in [2.75, 3.05) is 5.32 Å². The van der Waals surface area contributed by atoms with Gasteiger partial charge < -0.3 is 5.32 Å². The first-order valence-corrected chi connectivity index (χ1v) is 6.79. The van der Waals surface area contributed by atoms with Crippen LogP contribution in [0.2, 0.25) is 0 Å². The van der Waals surface area contributed by atoms with Gasteiger partial charge in [-0.1, -0.05) is 40.2 Å². The number of halogens is 1. The van der Waals surface area contributed by atoms with E-state index >= 15 is 0 Å². The van der Waals surface area contributed by atoms with Crippen molar-refractivity contribution < 1.29 is 0 Å². The summed E-state index contributed by atoms with van der Waals surface area (Å²) in [4.78, 5) is 4.21. The van der Waals surface area contributed by atoms with E-state index in [9.17, 15) is 0 Å². The number of hydrogen-bond donors (Lipinski definition) is 1. The van der Waals surface area contributed by atoms with Gasteiger partial charge >= 0.3 is 0 Å². The minimum Gasteiger partial charge on any atom is -0.377 e. The first kappa shape index (κ1) is 12.2. The number of aryl methyl sites for hydroxylation is 1. The highest BCUT2D eigenvalue weighted by Crippen LogP contribution is 2.30. The normalized spacial score (nSPS) is 10.8. The van der Waals surface area contributed by atoms with E-state index in [2.05, 4.69) is 55.6 Å². The molecule has 2 aromatic carbocycles. The second-order valence-electron chi connectivity index (χ2n) is 4.29. The van der Waals surface area contributed by atoms with Crippen molar-refractivity contribution in [1.82, 2.24) is 14.8 Å². The summed E-state index contributed by atoms with van der Waals surface area (Å²) >= 11 is 3.58. The molecule has 19 heavy (non-hydrogen) atoms. The van der Waals surface area contributed by atoms with Gasteiger partial charge in [0.1, 0.15) is 12.2 Å². The second-order valence-corrected chi connectivity index (χ2v) is 5.15. The summed E-state index contributed by atoms with van der Waals surface area (Å²) in [7, 11) is 1.89. The lowest BCUT2D eigenvalue weighted by Crippen LogP contribution is -2.07. The monoisotopic (exact) mass is 316 g/mol. The van der Waals surface area contributed by atoms with E-state index in [4.69, 9.17) is 0 Å². The van der Waals surface area contributed by atoms with Gasteiger partial charge in [-0.2, -0.15) is 5.10 Å². The van der Waals surface area contributed by atoms with E-state index in [1.54, 1.807) is 11.0 Å². The number of benzene rings is 2. The molecule has 0 radical (unpaired) electrons. The Hall–Kier alpha value is -1.88. The molecule has 0 aliphatic rings. The molecule has 0 unspecified atom stereocenters. The van der Waals surface area contributed by atoms with Gasteiger partial charge in [0.15, 0.2) is 0 Å². The van der Waals surface area contributed by atoms with Crippen LogP contribution in [0.15, 0.2) is 47.2 Å². The van der Waals surface area contributed by atoms with Crippen LogP contribution in [-0.4, -0.2) is 14.8 Å². The van der Waals surface area contributed by atoms with Crippen LogP contribution in [-0.2, 0) is 13.6 Å². The quantitative estimate of drug-likeness (QED) is 0.805. The fourth-order valence-corrected chi connectivity index (χ4v) is 2.55. The first-order chi connectivity index (χ1) is 9.25. The minimum atomic E-state index is 0.655. The van der Waals surface area contributed by atoms with Crippen LogP contribution in [0.1, 0.15) is 5.82 Å². The Morgan fingerprint density at radius 2 is 1.95 bits per heavy atom. The summed E-state index contributed by atoms with van der Waals surface area (Å²) in [6, 6.07) is 12.4. The molecule has 0 saturated carbocycles. The molecule has 0 atom stereocenters. The van der Waals surface area contributed by atoms with Crippen molar-refractivity contribution in [3.63, 3.8) is 0 Å². The standard InChI is InChI=1S/C14H13BrN4/c1-19-14(17-9-18-19)8-16-13-7-6-12(15)10-4-2-3-5-11(10)13/h2-7,9,16H,8H2,1H3. The van der Waals surface area contributed by atoms with Crippen molar-refractivity contribution in [3.8, 4) is 0 Å². The molecule has 3 aromatic rings. The molecule has 0 fully saturated rings. The van der Waals surface area contributed by atoms with Gasteiger partial charge in [-0.3, -0.25) is 4.68 Å². The fourth-order valence-electron chi connectivity index (χ4n) is 2.07. The zero-order valence-electron chi connectivity index (χ0n) is 10.5. The van der Waals surface area contributed by atoms with Crippen molar-refractivity contribution >= 4 is 32.4 Å². The van der Waals surface area contributed by atoms with Gasteiger partial charge in [-0.25, -0.2) is 4.98 Å². The highest BCUT2D eigenvalue weighted by atomic mass is 79.9. The molecule has 0 bridgehead atoms. The maximum absolute atomic E-state index is 4.21. The van der Waals surface area contributed by atoms with Gasteiger partial charge in [0, 0.05) is 22.6 Å². The maximum atomic E-state index is 4.21. The van der Waals surface area contributed by atoms with Crippen LogP contribution in [0.5, 0.6) is 0 Å². The lowest BCUT2D eigenvalue weighted by Gasteiger charge is -2.10. The molecule has 1 N–H and O–H groups in total. The Morgan fingerprint density at radius 3 is 2.68 bits per heavy atom. The summed E-state index contributed by atoms with van der Waals surface area (Å²) in [5.74, 6) is 0.909. The van der Waals surface area contributed by atoms with Crippen LogP contribution in [0, 0.1) is 0 Å². The average molecular weight is 317 g/mol. The molecule has 1 aromatic heterocycles. The molecule has 0 amide bonds. The van der Waals surface area contributed by atoms with Gasteiger partial charge in [0.25, 0.3) is 0 Å². The highest BCUT2D eigenvalue weighted by Gasteiger charge is 2.05. The largest absolute Gasteiger partial charge is 0.377 e. The molecule has 1 heterocycles. The molecular weight excluding hydrogens is 304 g/mol. The summed E-state index contributed by atoms with van der Waals surface area (Å²) in [5.41, 5.74) is 1.10. The van der Waals surface area contributed by atoms with Crippen LogP contribution in [0.3, 0.4) is 0 Å². The molecule has 0 aliphatic carbocycles. The van der Waals surface area contributed by atoms with E-state index in [0.29, 0.717) is 6.54 Å². The smallest absolute Gasteiger partial charge is 0.145 e. The van der Waals surface area contributed by atoms with E-state index in [0.717, 1.165) is 16.0 Å². The van der Waals surface area contributed by atoms with Crippen molar-refractivity contribution in [3.05, 3.63) is 53.0 Å². The number of anilines is 1. The zero-order chi connectivity index (χ0) is 13.2. The van der Waals surface area contributed by atoms with Gasteiger partial charge in [0.05, 0.1) is 6.54 Å². The van der Waals surface area contributed by atoms with Crippen molar-refractivity contribution in [2.45, 2.75) is 6.54 Å². The Kier molecular flexibility index (Phi) is 3.21. The second kappa shape index (κ2) is 5.01. The Bertz CT molecular complexity index is 720. The first-order valence-electron chi connectivity index (χ1n) is 5.99. The van der Waals surface area contributed by atoms with E-state index in [1.165, 1.54) is 10.8 Å². The number of hydrogen-bond acceptors (Lipinski definition) is 3. The highest BCUT2D eigenvalue weighted by molar-refractivity contribution is 9.10. The number of fused-ring (bicyclic) bond motifs is 1. The number of aromatic nitrogens is 3. The number of rotatable bonds is 3. The molecule has 5 heteroatoms. The minimum absolute atomic E-state index is 0.655. The lowest BCUT2D eigenvalue weighted by atomic mass is 10.1. The van der Waals surface area contributed by atoms with Crippen molar-refractivity contribution in [2.24, 2.45) is 7.05 Å². The third-order valence-electron chi connectivity index (χ3n) is 3.11. The summed E-state index contributed by atoms with van der Waals surface area (Å²) in [6.45, 7) is 0.655. The zero-order valence-corrected chi connectivity index (χ0v) is 12.1. The Labute approximate surface area is 119 Å². The van der Waals surface area contributed by atoms with Gasteiger partial charge in [-0.15, -0.1) is 0 Å². The topological polar surface area (TPSA) is 42.7 Å². The maximum Gasteiger partial charge on any atom is 0.145 e. The lowest BCUT2D eigenvalue weighted by molar-refractivity contribution is 0.712. The SMILES string of the molecule is Cn1ncnc1CNc1ccc(Br)c2ccccc12. The molecule has 4 nitrogen and oxygen atoms in total. The van der Waals surface area contributed by atoms with Gasteiger partial charge in [-0.05, 0) is 17.5 Å². The molecule has 0 saturated heterocycles. The van der Waals surface area contributed by atoms with Crippen LogP contribution >= 0.6 is 15.9 Å². The predicted octanol–water partition coefficient (Wildman–Crippen LogP) is 3.34. The molecular formula is C14H13BrN4. The third-order valence-corrected chi connectivity index (χ3v) is 3.80. The van der Waals surface area contributed by atoms with Crippen LogP contribution < -0.4 is 5.32 Å². The molecule has 0 aliphatic heterocycles. The van der Waals surface area contributed by atoms with E-state index in [1.807, 2.05) is 19.2 Å². The predicted molar refractivity (Wildman–Crippen MR) is 80.0 cm³/mol. The molecule has 96 valence electrons. The summed E-state index contributed by atoms with van der Waals surface area (Å²) in [6.07, 6.45) is 1.57. The third kappa shape index (κ3) is 2.33. The Balaban J connectivity index is 1.93. The summed E-state index contributed by atoms with van der Waals surface area (Å²) < 4.78 is 2.88. The fraction of sp³-hybridized carbons (Fsp3) is 0.143. The number of nitrogens with one attached hydrogen (secondary N) is 1. The Morgan fingerprint density at radius 1 is 1.16 bits per heavy atom. The number of nitrogens with zero attached hydrogens (tertiary/aromatic N) is 3. The molecule has 3 rings (SSSR count). The van der Waals surface area contributed by atoms with Crippen LogP contribution in [0.4, 0.5) is 5.69 Å².